The summed E-state index contributed by atoms with van der Waals surface area (Å²) in [5.74, 6) is -0.586. The van der Waals surface area contributed by atoms with E-state index in [1.54, 1.807) is 67.5 Å². The third-order valence-electron chi connectivity index (χ3n) is 7.48. The number of benzene rings is 2. The number of anilines is 2. The minimum Gasteiger partial charge on any atom is -0.322 e. The van der Waals surface area contributed by atoms with Crippen molar-refractivity contribution in [1.82, 2.24) is 10.1 Å². The fourth-order valence-electron chi connectivity index (χ4n) is 5.41. The standard InChI is InChI=1S/C30H36N4O4/c1-27(2)17-23(29(5,6)33(27)37)25(35)31-21-13-9-19(10-14-21)20-11-15-22(16-12-20)32-26(36)24-18-28(3,4)34(38)30(24,7)8/h9-18H,1-8H3,(H,31,35)(H,32,36). The summed E-state index contributed by atoms with van der Waals surface area (Å²) in [6.45, 7) is 14.2. The number of nitrogens with zero attached hydrogens (tertiary/aromatic N) is 2. The molecule has 0 aromatic heterocycles. The summed E-state index contributed by atoms with van der Waals surface area (Å²) >= 11 is 0. The van der Waals surface area contributed by atoms with Gasteiger partial charge in [-0.3, -0.25) is 9.59 Å². The molecule has 0 aliphatic carbocycles. The van der Waals surface area contributed by atoms with Crippen LogP contribution in [0.5, 0.6) is 0 Å². The normalized spacial score (nSPS) is 21.5. The van der Waals surface area contributed by atoms with Gasteiger partial charge in [-0.15, -0.1) is 20.5 Å². The molecule has 0 fully saturated rings. The van der Waals surface area contributed by atoms with E-state index < -0.39 is 22.2 Å². The van der Waals surface area contributed by atoms with Crippen LogP contribution < -0.4 is 10.6 Å². The van der Waals surface area contributed by atoms with Crippen molar-refractivity contribution in [1.29, 1.82) is 0 Å². The van der Waals surface area contributed by atoms with Gasteiger partial charge >= 0.3 is 0 Å². The monoisotopic (exact) mass is 516 g/mol. The summed E-state index contributed by atoms with van der Waals surface area (Å²) in [6.07, 6.45) is 3.46. The number of rotatable bonds is 5. The van der Waals surface area contributed by atoms with Gasteiger partial charge in [0.1, 0.15) is 0 Å². The van der Waals surface area contributed by atoms with Crippen LogP contribution in [0, 0.1) is 0 Å². The van der Waals surface area contributed by atoms with Crippen LogP contribution in [0.3, 0.4) is 0 Å². The zero-order valence-corrected chi connectivity index (χ0v) is 23.3. The Morgan fingerprint density at radius 3 is 1.08 bits per heavy atom. The van der Waals surface area contributed by atoms with Crippen LogP contribution in [0.25, 0.3) is 11.1 Å². The van der Waals surface area contributed by atoms with E-state index in [1.165, 1.54) is 0 Å². The molecule has 2 aromatic carbocycles. The molecule has 2 aliphatic rings. The van der Waals surface area contributed by atoms with Gasteiger partial charge < -0.3 is 10.6 Å². The quantitative estimate of drug-likeness (QED) is 0.546. The lowest BCUT2D eigenvalue weighted by Gasteiger charge is -2.33. The third kappa shape index (κ3) is 4.80. The van der Waals surface area contributed by atoms with E-state index in [-0.39, 0.29) is 11.8 Å². The number of carbonyl (C=O) groups excluding carboxylic acids is 2. The Hall–Kier alpha value is -3.30. The first kappa shape index (κ1) is 27.7. The van der Waals surface area contributed by atoms with E-state index in [0.29, 0.717) is 22.5 Å². The fraction of sp³-hybridized carbons (Fsp3) is 0.400. The summed E-state index contributed by atoms with van der Waals surface area (Å²) in [5, 5.41) is 32.9. The van der Waals surface area contributed by atoms with Crippen LogP contribution in [0.1, 0.15) is 55.4 Å². The van der Waals surface area contributed by atoms with Gasteiger partial charge in [0, 0.05) is 22.5 Å². The van der Waals surface area contributed by atoms with Crippen LogP contribution >= 0.6 is 0 Å². The predicted octanol–water partition coefficient (Wildman–Crippen LogP) is 5.52. The lowest BCUT2D eigenvalue weighted by molar-refractivity contribution is -0.238. The second-order valence-electron chi connectivity index (χ2n) is 12.2. The maximum Gasteiger partial charge on any atom is 0.253 e. The van der Waals surface area contributed by atoms with Crippen molar-refractivity contribution in [3.05, 3.63) is 71.8 Å². The minimum absolute atomic E-state index is 0.293. The van der Waals surface area contributed by atoms with Crippen molar-refractivity contribution in [2.75, 3.05) is 10.6 Å². The Kier molecular flexibility index (Phi) is 6.69. The molecule has 2 N–H and O–H groups in total. The Balaban J connectivity index is 1.42. The van der Waals surface area contributed by atoms with Crippen molar-refractivity contribution in [2.24, 2.45) is 0 Å². The van der Waals surface area contributed by atoms with E-state index in [4.69, 9.17) is 0 Å². The Morgan fingerprint density at radius 1 is 0.553 bits per heavy atom. The molecular formula is C30H36N4O4. The van der Waals surface area contributed by atoms with E-state index in [0.717, 1.165) is 21.3 Å². The smallest absolute Gasteiger partial charge is 0.253 e. The van der Waals surface area contributed by atoms with E-state index >= 15 is 0 Å². The second-order valence-corrected chi connectivity index (χ2v) is 12.2. The van der Waals surface area contributed by atoms with Gasteiger partial charge in [-0.1, -0.05) is 36.4 Å². The molecule has 8 heteroatoms. The molecule has 4 rings (SSSR count). The number of hydrogen-bond donors (Lipinski definition) is 2. The second kappa shape index (κ2) is 9.17. The molecule has 2 aromatic rings. The molecule has 38 heavy (non-hydrogen) atoms. The van der Waals surface area contributed by atoms with Crippen LogP contribution in [-0.4, -0.2) is 44.1 Å². The van der Waals surface area contributed by atoms with Gasteiger partial charge in [0.05, 0.1) is 22.2 Å². The van der Waals surface area contributed by atoms with Crippen LogP contribution in [0.2, 0.25) is 0 Å². The molecule has 2 radical (unpaired) electrons. The van der Waals surface area contributed by atoms with E-state index in [1.807, 2.05) is 48.5 Å². The zero-order chi connectivity index (χ0) is 28.3. The van der Waals surface area contributed by atoms with Gasteiger partial charge in [0.2, 0.25) is 0 Å². The van der Waals surface area contributed by atoms with E-state index in [2.05, 4.69) is 10.6 Å². The highest BCUT2D eigenvalue weighted by Gasteiger charge is 2.49. The Labute approximate surface area is 224 Å². The SMILES string of the molecule is CC1(C)C=C(C(=O)Nc2ccc(-c3ccc(NC(=O)C4=CC(C)(C)N([O])C4(C)C)cc3)cc2)C(C)(C)N1[O]. The van der Waals surface area contributed by atoms with Crippen molar-refractivity contribution in [3.63, 3.8) is 0 Å². The first-order valence-corrected chi connectivity index (χ1v) is 12.7. The summed E-state index contributed by atoms with van der Waals surface area (Å²) in [7, 11) is 0. The molecule has 0 bridgehead atoms. The lowest BCUT2D eigenvalue weighted by Crippen LogP contribution is -2.48. The molecule has 0 spiro atoms. The van der Waals surface area contributed by atoms with Gasteiger partial charge in [-0.05, 0) is 90.8 Å². The van der Waals surface area contributed by atoms with Crippen LogP contribution in [-0.2, 0) is 20.0 Å². The first-order valence-electron chi connectivity index (χ1n) is 12.7. The van der Waals surface area contributed by atoms with Gasteiger partial charge in [0.25, 0.3) is 11.8 Å². The summed E-state index contributed by atoms with van der Waals surface area (Å²) < 4.78 is 0. The minimum atomic E-state index is -0.917. The molecule has 0 unspecified atom stereocenters. The molecule has 2 amide bonds. The molecule has 0 saturated carbocycles. The molecular weight excluding hydrogens is 480 g/mol. The fourth-order valence-corrected chi connectivity index (χ4v) is 5.41. The highest BCUT2D eigenvalue weighted by atomic mass is 16.5. The first-order chi connectivity index (χ1) is 17.5. The Morgan fingerprint density at radius 2 is 0.842 bits per heavy atom. The van der Waals surface area contributed by atoms with Crippen molar-refractivity contribution >= 4 is 23.2 Å². The number of carbonyl (C=O) groups is 2. The van der Waals surface area contributed by atoms with Gasteiger partial charge in [-0.25, -0.2) is 0 Å². The number of hydroxylamine groups is 4. The topological polar surface area (TPSA) is 104 Å². The highest BCUT2D eigenvalue weighted by Crippen LogP contribution is 2.40. The third-order valence-corrected chi connectivity index (χ3v) is 7.48. The molecule has 2 heterocycles. The summed E-state index contributed by atoms with van der Waals surface area (Å²) in [6, 6.07) is 14.9. The largest absolute Gasteiger partial charge is 0.322 e. The van der Waals surface area contributed by atoms with Crippen LogP contribution in [0.4, 0.5) is 11.4 Å². The number of nitrogens with one attached hydrogen (secondary N) is 2. The Bertz CT molecular complexity index is 1220. The van der Waals surface area contributed by atoms with Crippen molar-refractivity contribution < 1.29 is 20.0 Å². The number of hydrogen-bond acceptors (Lipinski definition) is 4. The zero-order valence-electron chi connectivity index (χ0n) is 23.3. The molecule has 0 saturated heterocycles. The molecule has 8 nitrogen and oxygen atoms in total. The summed E-state index contributed by atoms with van der Waals surface area (Å²) in [5.41, 5.74) is 0.705. The van der Waals surface area contributed by atoms with Crippen molar-refractivity contribution in [2.45, 2.75) is 77.5 Å². The predicted molar refractivity (Wildman–Crippen MR) is 147 cm³/mol. The number of amides is 2. The van der Waals surface area contributed by atoms with Gasteiger partial charge in [0.15, 0.2) is 0 Å². The van der Waals surface area contributed by atoms with Crippen LogP contribution in [0.15, 0.2) is 71.8 Å². The maximum absolute atomic E-state index is 12.9. The average molecular weight is 517 g/mol. The maximum atomic E-state index is 12.9. The molecule has 200 valence electrons. The molecule has 0 atom stereocenters. The highest BCUT2D eigenvalue weighted by molar-refractivity contribution is 6.06. The summed E-state index contributed by atoms with van der Waals surface area (Å²) in [4.78, 5) is 25.9. The lowest BCUT2D eigenvalue weighted by atomic mass is 9.95. The average Bonchev–Trinajstić information content (AvgIpc) is 3.12. The van der Waals surface area contributed by atoms with E-state index in [9.17, 15) is 20.0 Å². The van der Waals surface area contributed by atoms with Gasteiger partial charge in [-0.2, -0.15) is 0 Å². The van der Waals surface area contributed by atoms with Crippen molar-refractivity contribution in [3.8, 4) is 11.1 Å². The molecule has 2 aliphatic heterocycles.